The number of benzene rings is 1. The van der Waals surface area contributed by atoms with Crippen LogP contribution in [-0.4, -0.2) is 9.55 Å². The first kappa shape index (κ1) is 13.3. The molecule has 1 aromatic heterocycles. The van der Waals surface area contributed by atoms with Gasteiger partial charge in [0, 0.05) is 34.4 Å². The maximum atomic E-state index is 4.28. The van der Waals surface area contributed by atoms with Gasteiger partial charge >= 0.3 is 29.6 Å². The predicted molar refractivity (Wildman–Crippen MR) is 64.7 cm³/mol. The van der Waals surface area contributed by atoms with Crippen LogP contribution in [0.5, 0.6) is 0 Å². The van der Waals surface area contributed by atoms with Gasteiger partial charge in [-0.2, -0.15) is 0 Å². The molecule has 5 heteroatoms. The summed E-state index contributed by atoms with van der Waals surface area (Å²) in [5.41, 5.74) is 1.08. The van der Waals surface area contributed by atoms with Crippen LogP contribution >= 0.6 is 28.6 Å². The Balaban J connectivity index is 0.00000112. The zero-order valence-electron chi connectivity index (χ0n) is 9.61. The smallest absolute Gasteiger partial charge is 1.00 e. The summed E-state index contributed by atoms with van der Waals surface area (Å²) in [6, 6.07) is 5.93. The van der Waals surface area contributed by atoms with E-state index in [2.05, 4.69) is 33.5 Å². The molecule has 0 saturated carbocycles. The molecule has 0 aliphatic carbocycles. The molecule has 0 amide bonds. The first-order chi connectivity index (χ1) is 6.68. The molecule has 2 rings (SSSR count). The van der Waals surface area contributed by atoms with Crippen LogP contribution in [0.25, 0.3) is 11.4 Å². The van der Waals surface area contributed by atoms with Crippen LogP contribution in [-0.2, 0) is 7.05 Å². The van der Waals surface area contributed by atoms with Crippen molar-refractivity contribution in [1.29, 1.82) is 0 Å². The van der Waals surface area contributed by atoms with E-state index in [0.29, 0.717) is 0 Å². The van der Waals surface area contributed by atoms with Gasteiger partial charge in [-0.15, -0.1) is 12.6 Å². The third-order valence-electron chi connectivity index (χ3n) is 2.01. The van der Waals surface area contributed by atoms with Crippen molar-refractivity contribution in [2.45, 2.75) is 4.90 Å². The molecule has 0 N–H and O–H groups in total. The summed E-state index contributed by atoms with van der Waals surface area (Å²) in [4.78, 5) is 5.22. The molecule has 0 atom stereocenters. The van der Waals surface area contributed by atoms with Crippen molar-refractivity contribution in [2.24, 2.45) is 7.05 Å². The molecular weight excluding hydrogens is 283 g/mol. The van der Waals surface area contributed by atoms with Gasteiger partial charge in [-0.1, -0.05) is 0 Å². The number of imidazole rings is 1. The molecule has 0 saturated heterocycles. The molecule has 74 valence electrons. The Bertz CT molecular complexity index is 476. The largest absolute Gasteiger partial charge is 1.00 e. The Morgan fingerprint density at radius 2 is 2.20 bits per heavy atom. The molecule has 0 bridgehead atoms. The number of rotatable bonds is 1. The second kappa shape index (κ2) is 5.55. The van der Waals surface area contributed by atoms with Crippen LogP contribution in [0.1, 0.15) is 1.43 Å². The quantitative estimate of drug-likeness (QED) is 0.590. The van der Waals surface area contributed by atoms with Crippen LogP contribution in [0.2, 0.25) is 0 Å². The average molecular weight is 293 g/mol. The molecule has 2 aromatic rings. The summed E-state index contributed by atoms with van der Waals surface area (Å²) in [7, 11) is 1.98. The van der Waals surface area contributed by atoms with E-state index in [1.807, 2.05) is 36.0 Å². The van der Waals surface area contributed by atoms with Gasteiger partial charge in [-0.3, -0.25) is 0 Å². The van der Waals surface area contributed by atoms with E-state index in [-0.39, 0.29) is 31.0 Å². The number of hydrogen-bond donors (Lipinski definition) is 1. The van der Waals surface area contributed by atoms with Gasteiger partial charge in [-0.25, -0.2) is 4.98 Å². The van der Waals surface area contributed by atoms with Crippen molar-refractivity contribution < 1.29 is 31.0 Å². The fourth-order valence-corrected chi connectivity index (χ4v) is 2.25. The molecule has 0 aliphatic rings. The molecule has 0 radical (unpaired) electrons. The molecule has 0 spiro atoms. The number of nitrogens with zero attached hydrogens (tertiary/aromatic N) is 2. The second-order valence-electron chi connectivity index (χ2n) is 3.03. The molecular formula is C10H10BrN2NaS. The summed E-state index contributed by atoms with van der Waals surface area (Å²) in [5.74, 6) is 0.949. The van der Waals surface area contributed by atoms with Crippen molar-refractivity contribution in [2.75, 3.05) is 0 Å². The minimum atomic E-state index is 0. The number of aromatic nitrogens is 2. The third-order valence-corrected chi connectivity index (χ3v) is 2.95. The van der Waals surface area contributed by atoms with Gasteiger partial charge in [-0.05, 0) is 34.1 Å². The van der Waals surface area contributed by atoms with Crippen molar-refractivity contribution in [3.05, 3.63) is 35.1 Å². The van der Waals surface area contributed by atoms with Crippen molar-refractivity contribution in [3.63, 3.8) is 0 Å². The number of hydrogen-bond acceptors (Lipinski definition) is 2. The van der Waals surface area contributed by atoms with E-state index in [4.69, 9.17) is 0 Å². The Morgan fingerprint density at radius 3 is 2.73 bits per heavy atom. The summed E-state index contributed by atoms with van der Waals surface area (Å²) in [6.07, 6.45) is 3.72. The summed E-state index contributed by atoms with van der Waals surface area (Å²) < 4.78 is 3.00. The van der Waals surface area contributed by atoms with Gasteiger partial charge in [0.15, 0.2) is 0 Å². The fraction of sp³-hybridized carbons (Fsp3) is 0.100. The van der Waals surface area contributed by atoms with E-state index < -0.39 is 0 Å². The molecule has 2 nitrogen and oxygen atoms in total. The molecule has 0 fully saturated rings. The van der Waals surface area contributed by atoms with Crippen LogP contribution in [0.3, 0.4) is 0 Å². The maximum Gasteiger partial charge on any atom is 1.00 e. The molecule has 0 unspecified atom stereocenters. The first-order valence-corrected chi connectivity index (χ1v) is 5.38. The van der Waals surface area contributed by atoms with Crippen molar-refractivity contribution >= 4 is 28.6 Å². The minimum absolute atomic E-state index is 0. The van der Waals surface area contributed by atoms with E-state index >= 15 is 0 Å². The number of thiol groups is 1. The van der Waals surface area contributed by atoms with E-state index in [0.717, 1.165) is 20.8 Å². The zero-order valence-corrected chi connectivity index (χ0v) is 13.1. The van der Waals surface area contributed by atoms with E-state index in [9.17, 15) is 0 Å². The molecule has 0 aliphatic heterocycles. The Kier molecular flexibility index (Phi) is 4.93. The minimum Gasteiger partial charge on any atom is -1.00 e. The average Bonchev–Trinajstić information content (AvgIpc) is 2.52. The molecule has 1 heterocycles. The van der Waals surface area contributed by atoms with Crippen LogP contribution in [0, 0.1) is 0 Å². The van der Waals surface area contributed by atoms with Gasteiger partial charge in [0.2, 0.25) is 0 Å². The number of aryl methyl sites for hydroxylation is 1. The Morgan fingerprint density at radius 1 is 1.47 bits per heavy atom. The van der Waals surface area contributed by atoms with Crippen molar-refractivity contribution in [1.82, 2.24) is 9.55 Å². The SMILES string of the molecule is Cn1ccnc1-c1ccc(S)cc1Br.[H-].[Na+]. The maximum absolute atomic E-state index is 4.28. The van der Waals surface area contributed by atoms with E-state index in [1.165, 1.54) is 0 Å². The topological polar surface area (TPSA) is 17.8 Å². The summed E-state index contributed by atoms with van der Waals surface area (Å²) in [6.45, 7) is 0. The van der Waals surface area contributed by atoms with Gasteiger partial charge in [0.1, 0.15) is 5.82 Å². The van der Waals surface area contributed by atoms with Gasteiger partial charge < -0.3 is 5.99 Å². The van der Waals surface area contributed by atoms with Gasteiger partial charge in [0.05, 0.1) is 0 Å². The van der Waals surface area contributed by atoms with Crippen LogP contribution in [0.4, 0.5) is 0 Å². The normalized spacial score (nSPS) is 9.80. The molecule has 1 aromatic carbocycles. The Labute approximate surface area is 126 Å². The van der Waals surface area contributed by atoms with E-state index in [1.54, 1.807) is 6.20 Å². The van der Waals surface area contributed by atoms with Gasteiger partial charge in [0.25, 0.3) is 0 Å². The number of halogens is 1. The summed E-state index contributed by atoms with van der Waals surface area (Å²) in [5, 5.41) is 0. The van der Waals surface area contributed by atoms with Crippen LogP contribution < -0.4 is 29.6 Å². The second-order valence-corrected chi connectivity index (χ2v) is 4.40. The fourth-order valence-electron chi connectivity index (χ4n) is 1.31. The molecule has 15 heavy (non-hydrogen) atoms. The Hall–Kier alpha value is 0.260. The standard InChI is InChI=1S/C10H9BrN2S.Na.H/c1-13-5-4-12-10(13)8-3-2-7(14)6-9(8)11;;/h2-6,14H,1H3;;/q;+1;-1. The van der Waals surface area contributed by atoms with Crippen molar-refractivity contribution in [3.8, 4) is 11.4 Å². The zero-order chi connectivity index (χ0) is 10.1. The summed E-state index contributed by atoms with van der Waals surface area (Å²) >= 11 is 7.77. The monoisotopic (exact) mass is 292 g/mol. The first-order valence-electron chi connectivity index (χ1n) is 4.14. The van der Waals surface area contributed by atoms with Crippen LogP contribution in [0.15, 0.2) is 40.0 Å². The predicted octanol–water partition coefficient (Wildman–Crippen LogP) is 0.255. The third kappa shape index (κ3) is 2.88.